The van der Waals surface area contributed by atoms with E-state index in [1.165, 1.54) is 12.8 Å². The number of primary amides is 1. The zero-order valence-corrected chi connectivity index (χ0v) is 19.6. The molecule has 0 saturated carbocycles. The summed E-state index contributed by atoms with van der Waals surface area (Å²) in [4.78, 5) is 38.4. The van der Waals surface area contributed by atoms with Crippen molar-refractivity contribution in [1.82, 2.24) is 4.90 Å². The van der Waals surface area contributed by atoms with Gasteiger partial charge in [0, 0.05) is 24.1 Å². The molecule has 3 N–H and O–H groups in total. The van der Waals surface area contributed by atoms with Crippen LogP contribution in [0.5, 0.6) is 5.75 Å². The number of urea groups is 1. The minimum absolute atomic E-state index is 0.124. The maximum atomic E-state index is 12.3. The maximum Gasteiger partial charge on any atom is 0.341 e. The lowest BCUT2D eigenvalue weighted by Gasteiger charge is -2.19. The smallest absolute Gasteiger partial charge is 0.341 e. The minimum atomic E-state index is -0.776. The minimum Gasteiger partial charge on any atom is -0.496 e. The Morgan fingerprint density at radius 3 is 2.64 bits per heavy atom. The topological polar surface area (TPSA) is 120 Å². The quantitative estimate of drug-likeness (QED) is 0.407. The summed E-state index contributed by atoms with van der Waals surface area (Å²) >= 11 is 0. The molecule has 0 unspecified atom stereocenters. The molecule has 3 rings (SSSR count). The van der Waals surface area contributed by atoms with Crippen molar-refractivity contribution in [2.75, 3.05) is 38.7 Å². The van der Waals surface area contributed by atoms with Crippen molar-refractivity contribution >= 4 is 23.7 Å². The van der Waals surface area contributed by atoms with E-state index in [0.717, 1.165) is 30.8 Å². The fraction of sp³-hybridized carbons (Fsp3) is 0.542. The molecule has 1 aromatic rings. The Hall–Kier alpha value is -3.07. The first-order chi connectivity index (χ1) is 15.8. The summed E-state index contributed by atoms with van der Waals surface area (Å²) in [6.07, 6.45) is 5.61. The van der Waals surface area contributed by atoms with Crippen molar-refractivity contribution in [1.29, 1.82) is 0 Å². The maximum absolute atomic E-state index is 12.3. The Labute approximate surface area is 194 Å². The van der Waals surface area contributed by atoms with Gasteiger partial charge in [-0.3, -0.25) is 9.69 Å². The van der Waals surface area contributed by atoms with Gasteiger partial charge in [-0.2, -0.15) is 0 Å². The summed E-state index contributed by atoms with van der Waals surface area (Å²) < 4.78 is 16.1. The van der Waals surface area contributed by atoms with E-state index in [1.807, 2.05) is 19.9 Å². The number of carbonyl (C=O) groups is 3. The van der Waals surface area contributed by atoms with Crippen LogP contribution in [0.25, 0.3) is 0 Å². The number of ether oxygens (including phenoxy) is 3. The van der Waals surface area contributed by atoms with Crippen molar-refractivity contribution < 1.29 is 28.6 Å². The summed E-state index contributed by atoms with van der Waals surface area (Å²) in [5.41, 5.74) is 9.09. The van der Waals surface area contributed by atoms with Gasteiger partial charge in [-0.05, 0) is 58.2 Å². The molecular formula is C24H33N3O6. The van der Waals surface area contributed by atoms with Crippen LogP contribution in [0.3, 0.4) is 0 Å². The van der Waals surface area contributed by atoms with E-state index in [1.54, 1.807) is 7.11 Å². The molecule has 1 aromatic carbocycles. The fourth-order valence-corrected chi connectivity index (χ4v) is 4.36. The molecule has 2 aliphatic rings. The van der Waals surface area contributed by atoms with Crippen LogP contribution in [0, 0.1) is 6.92 Å². The molecule has 2 heterocycles. The number of anilines is 1. The van der Waals surface area contributed by atoms with Crippen LogP contribution in [0.1, 0.15) is 59.7 Å². The lowest BCUT2D eigenvalue weighted by atomic mass is 9.93. The lowest BCUT2D eigenvalue weighted by molar-refractivity contribution is -0.143. The van der Waals surface area contributed by atoms with Crippen LogP contribution < -0.4 is 15.8 Å². The number of nitrogens with one attached hydrogen (secondary N) is 1. The highest BCUT2D eigenvalue weighted by Gasteiger charge is 2.32. The molecule has 1 saturated heterocycles. The Morgan fingerprint density at radius 2 is 1.97 bits per heavy atom. The molecule has 0 spiro atoms. The second kappa shape index (κ2) is 11.2. The molecule has 180 valence electrons. The number of nitrogens with two attached hydrogens (primary N) is 1. The van der Waals surface area contributed by atoms with Gasteiger partial charge in [0.05, 0.1) is 18.4 Å². The predicted molar refractivity (Wildman–Crippen MR) is 123 cm³/mol. The third kappa shape index (κ3) is 6.04. The molecule has 2 amide bonds. The van der Waals surface area contributed by atoms with Crippen LogP contribution in [0.15, 0.2) is 11.6 Å². The Morgan fingerprint density at radius 1 is 1.24 bits per heavy atom. The largest absolute Gasteiger partial charge is 0.496 e. The van der Waals surface area contributed by atoms with E-state index < -0.39 is 12.0 Å². The Bertz CT molecular complexity index is 950. The number of nitrogens with zero attached hydrogens (tertiary/aromatic N) is 1. The van der Waals surface area contributed by atoms with Crippen LogP contribution in [-0.4, -0.2) is 56.2 Å². The standard InChI is InChI=1S/C24H33N3O6/c1-15(7-9-19(28)32-13-12-27-10-4-5-11-27)6-8-17-21(26-24(25)30)20-18(14-33-23(20)29)16(2)22(17)31-3/h6H,4-5,7-14H2,1-3H3,(H3,25,26,30)/b15-6+. The number of benzene rings is 1. The molecule has 9 heteroatoms. The predicted octanol–water partition coefficient (Wildman–Crippen LogP) is 3.07. The van der Waals surface area contributed by atoms with Gasteiger partial charge in [-0.25, -0.2) is 9.59 Å². The lowest BCUT2D eigenvalue weighted by Crippen LogP contribution is -2.25. The molecule has 33 heavy (non-hydrogen) atoms. The number of hydrogen-bond acceptors (Lipinski definition) is 7. The Kier molecular flexibility index (Phi) is 8.32. The second-order valence-electron chi connectivity index (χ2n) is 8.45. The van der Waals surface area contributed by atoms with Crippen LogP contribution in [-0.2, 0) is 27.3 Å². The number of rotatable bonds is 10. The SMILES string of the molecule is COc1c(C)c2c(c(NC(N)=O)c1C/C=C(\C)CCC(=O)OCCN1CCCC1)C(=O)OC2. The highest BCUT2D eigenvalue weighted by molar-refractivity contribution is 6.05. The highest BCUT2D eigenvalue weighted by Crippen LogP contribution is 2.41. The molecule has 1 fully saturated rings. The first-order valence-corrected chi connectivity index (χ1v) is 11.3. The highest BCUT2D eigenvalue weighted by atomic mass is 16.5. The van der Waals surface area contributed by atoms with Gasteiger partial charge in [0.15, 0.2) is 0 Å². The number of likely N-dealkylation sites (tertiary alicyclic amines) is 1. The van der Waals surface area contributed by atoms with Gasteiger partial charge >= 0.3 is 18.0 Å². The third-order valence-electron chi connectivity index (χ3n) is 6.17. The van der Waals surface area contributed by atoms with Gasteiger partial charge < -0.3 is 25.3 Å². The zero-order valence-electron chi connectivity index (χ0n) is 19.6. The fourth-order valence-electron chi connectivity index (χ4n) is 4.36. The second-order valence-corrected chi connectivity index (χ2v) is 8.45. The molecular weight excluding hydrogens is 426 g/mol. The van der Waals surface area contributed by atoms with E-state index in [9.17, 15) is 14.4 Å². The van der Waals surface area contributed by atoms with Crippen LogP contribution in [0.2, 0.25) is 0 Å². The van der Waals surface area contributed by atoms with E-state index in [-0.39, 0.29) is 12.6 Å². The number of esters is 2. The number of hydrogen-bond donors (Lipinski definition) is 2. The Balaban J connectivity index is 1.66. The summed E-state index contributed by atoms with van der Waals surface area (Å²) in [7, 11) is 1.54. The number of allylic oxidation sites excluding steroid dienone is 2. The first-order valence-electron chi connectivity index (χ1n) is 11.3. The van der Waals surface area contributed by atoms with Crippen LogP contribution >= 0.6 is 0 Å². The van der Waals surface area contributed by atoms with E-state index >= 15 is 0 Å². The van der Waals surface area contributed by atoms with Crippen molar-refractivity contribution in [2.24, 2.45) is 5.73 Å². The average Bonchev–Trinajstić information content (AvgIpc) is 3.42. The molecule has 0 aliphatic carbocycles. The monoisotopic (exact) mass is 459 g/mol. The molecule has 9 nitrogen and oxygen atoms in total. The third-order valence-corrected chi connectivity index (χ3v) is 6.17. The summed E-state index contributed by atoms with van der Waals surface area (Å²) in [5, 5.41) is 2.58. The molecule has 0 aromatic heterocycles. The number of fused-ring (bicyclic) bond motifs is 1. The number of carbonyl (C=O) groups excluding carboxylic acids is 3. The van der Waals surface area contributed by atoms with Crippen LogP contribution in [0.4, 0.5) is 10.5 Å². The number of amides is 2. The zero-order chi connectivity index (χ0) is 24.0. The van der Waals surface area contributed by atoms with Crippen molar-refractivity contribution in [3.8, 4) is 5.75 Å². The van der Waals surface area contributed by atoms with E-state index in [4.69, 9.17) is 19.9 Å². The van der Waals surface area contributed by atoms with E-state index in [0.29, 0.717) is 54.0 Å². The first kappa shape index (κ1) is 24.6. The molecule has 0 bridgehead atoms. The average molecular weight is 460 g/mol. The summed E-state index contributed by atoms with van der Waals surface area (Å²) in [6, 6.07) is -0.776. The molecule has 2 aliphatic heterocycles. The number of cyclic esters (lactones) is 1. The van der Waals surface area contributed by atoms with Crippen molar-refractivity contribution in [3.63, 3.8) is 0 Å². The van der Waals surface area contributed by atoms with Gasteiger partial charge in [0.2, 0.25) is 0 Å². The molecule has 0 radical (unpaired) electrons. The normalized spacial score (nSPS) is 15.8. The van der Waals surface area contributed by atoms with Crippen molar-refractivity contribution in [2.45, 2.75) is 52.6 Å². The summed E-state index contributed by atoms with van der Waals surface area (Å²) in [5.74, 6) is -0.147. The van der Waals surface area contributed by atoms with Crippen molar-refractivity contribution in [3.05, 3.63) is 33.9 Å². The number of methoxy groups -OCH3 is 1. The molecule has 0 atom stereocenters. The van der Waals surface area contributed by atoms with Gasteiger partial charge in [0.25, 0.3) is 0 Å². The van der Waals surface area contributed by atoms with Gasteiger partial charge in [-0.1, -0.05) is 11.6 Å². The van der Waals surface area contributed by atoms with Gasteiger partial charge in [-0.15, -0.1) is 0 Å². The van der Waals surface area contributed by atoms with Gasteiger partial charge in [0.1, 0.15) is 19.0 Å². The summed E-state index contributed by atoms with van der Waals surface area (Å²) in [6.45, 7) is 7.27. The van der Waals surface area contributed by atoms with E-state index in [2.05, 4.69) is 10.2 Å².